The molecule has 3 heterocycles. The van der Waals surface area contributed by atoms with Gasteiger partial charge in [-0.05, 0) is 49.6 Å². The Kier molecular flexibility index (Phi) is 5.60. The highest BCUT2D eigenvalue weighted by atomic mass is 16.6. The molecule has 0 aliphatic carbocycles. The van der Waals surface area contributed by atoms with Crippen molar-refractivity contribution in [2.24, 2.45) is 10.2 Å². The van der Waals surface area contributed by atoms with E-state index in [1.54, 1.807) is 6.07 Å². The summed E-state index contributed by atoms with van der Waals surface area (Å²) in [7, 11) is 0. The van der Waals surface area contributed by atoms with Crippen molar-refractivity contribution < 1.29 is 14.4 Å². The van der Waals surface area contributed by atoms with Crippen LogP contribution in [-0.2, 0) is 0 Å². The Morgan fingerprint density at radius 3 is 2.62 bits per heavy atom. The van der Waals surface area contributed by atoms with E-state index in [-0.39, 0.29) is 23.9 Å². The fourth-order valence-corrected chi connectivity index (χ4v) is 4.53. The van der Waals surface area contributed by atoms with Crippen molar-refractivity contribution in [1.29, 1.82) is 0 Å². The summed E-state index contributed by atoms with van der Waals surface area (Å²) in [6.45, 7) is 4.09. The highest BCUT2D eigenvalue weighted by Gasteiger charge is 2.45. The van der Waals surface area contributed by atoms with Gasteiger partial charge in [0.1, 0.15) is 16.8 Å². The maximum atomic E-state index is 11.2. The van der Waals surface area contributed by atoms with E-state index in [9.17, 15) is 15.2 Å². The number of rotatable bonds is 5. The second-order valence-corrected chi connectivity index (χ2v) is 8.45. The molecule has 0 spiro atoms. The van der Waals surface area contributed by atoms with E-state index in [4.69, 9.17) is 4.42 Å². The number of aliphatic hydroxyl groups is 1. The van der Waals surface area contributed by atoms with Gasteiger partial charge in [0.2, 0.25) is 5.88 Å². The van der Waals surface area contributed by atoms with Gasteiger partial charge in [0.05, 0.1) is 23.8 Å². The third-order valence-corrected chi connectivity index (χ3v) is 6.12. The lowest BCUT2D eigenvalue weighted by molar-refractivity contribution is -0.402. The molecule has 0 radical (unpaired) electrons. The standard InChI is InChI=1S/C24H24N6O4/c1-14-8-9-17(15(2)12-14)19-13-18(20-10-11-21(34-20)30(32)33)25-23-22(24(31)28-29(19)23)27-26-16-6-4-3-5-7-16/h3-12,18-19,23,25,28,31H,13H2,1-2H3. The first-order chi connectivity index (χ1) is 16.4. The van der Waals surface area contributed by atoms with Crippen LogP contribution in [0.15, 0.2) is 86.9 Å². The van der Waals surface area contributed by atoms with E-state index < -0.39 is 11.1 Å². The number of benzene rings is 2. The highest BCUT2D eigenvalue weighted by Crippen LogP contribution is 2.42. The predicted molar refractivity (Wildman–Crippen MR) is 124 cm³/mol. The first-order valence-corrected chi connectivity index (χ1v) is 10.9. The number of aliphatic hydroxyl groups excluding tert-OH is 1. The van der Waals surface area contributed by atoms with Crippen LogP contribution in [0, 0.1) is 24.0 Å². The number of azo groups is 1. The summed E-state index contributed by atoms with van der Waals surface area (Å²) in [4.78, 5) is 10.6. The number of hydrogen-bond acceptors (Lipinski definition) is 9. The van der Waals surface area contributed by atoms with Gasteiger partial charge < -0.3 is 9.52 Å². The van der Waals surface area contributed by atoms with E-state index in [1.807, 2.05) is 55.3 Å². The zero-order chi connectivity index (χ0) is 23.8. The largest absolute Gasteiger partial charge is 0.492 e. The molecule has 1 fully saturated rings. The van der Waals surface area contributed by atoms with Gasteiger partial charge in [-0.3, -0.25) is 20.9 Å². The molecule has 174 valence electrons. The average molecular weight is 460 g/mol. The lowest BCUT2D eigenvalue weighted by atomic mass is 9.90. The minimum atomic E-state index is -0.553. The molecule has 10 nitrogen and oxygen atoms in total. The normalized spacial score (nSPS) is 22.7. The average Bonchev–Trinajstić information content (AvgIpc) is 3.43. The third kappa shape index (κ3) is 4.04. The van der Waals surface area contributed by atoms with Gasteiger partial charge in [0.25, 0.3) is 0 Å². The molecule has 2 aliphatic heterocycles. The van der Waals surface area contributed by atoms with Crippen molar-refractivity contribution in [3.63, 3.8) is 0 Å². The molecule has 34 heavy (non-hydrogen) atoms. The number of nitrogens with zero attached hydrogens (tertiary/aromatic N) is 4. The van der Waals surface area contributed by atoms with Gasteiger partial charge in [0, 0.05) is 0 Å². The second kappa shape index (κ2) is 8.73. The number of fused-ring (bicyclic) bond motifs is 1. The molecule has 3 atom stereocenters. The SMILES string of the molecule is Cc1ccc(C2CC(c3ccc([N+](=O)[O-])o3)NC3C(N=Nc4ccccc4)=C(O)NN32)c(C)c1. The molecule has 5 rings (SSSR count). The minimum Gasteiger partial charge on any atom is -0.492 e. The van der Waals surface area contributed by atoms with Gasteiger partial charge in [-0.15, -0.1) is 5.11 Å². The molecule has 3 aromatic rings. The van der Waals surface area contributed by atoms with E-state index in [1.165, 1.54) is 6.07 Å². The summed E-state index contributed by atoms with van der Waals surface area (Å²) in [5.74, 6) is 0.0408. The number of furan rings is 1. The molecule has 0 bridgehead atoms. The maximum Gasteiger partial charge on any atom is 0.433 e. The molecule has 1 aromatic heterocycles. The van der Waals surface area contributed by atoms with Crippen molar-refractivity contribution in [2.75, 3.05) is 0 Å². The Labute approximate surface area is 195 Å². The molecule has 2 aromatic carbocycles. The molecule has 3 N–H and O–H groups in total. The Balaban J connectivity index is 1.52. The lowest BCUT2D eigenvalue weighted by Gasteiger charge is -2.42. The first-order valence-electron chi connectivity index (χ1n) is 10.9. The van der Waals surface area contributed by atoms with Crippen molar-refractivity contribution >= 4 is 11.6 Å². The second-order valence-electron chi connectivity index (χ2n) is 8.45. The number of nitrogens with one attached hydrogen (secondary N) is 2. The smallest absolute Gasteiger partial charge is 0.433 e. The summed E-state index contributed by atoms with van der Waals surface area (Å²) in [5.41, 5.74) is 7.35. The van der Waals surface area contributed by atoms with Crippen molar-refractivity contribution in [1.82, 2.24) is 15.8 Å². The molecule has 3 unspecified atom stereocenters. The van der Waals surface area contributed by atoms with Crippen molar-refractivity contribution in [2.45, 2.75) is 38.5 Å². The van der Waals surface area contributed by atoms with Crippen LogP contribution in [0.4, 0.5) is 11.6 Å². The molecule has 1 saturated heterocycles. The topological polar surface area (TPSA) is 129 Å². The zero-order valence-electron chi connectivity index (χ0n) is 18.7. The van der Waals surface area contributed by atoms with Gasteiger partial charge >= 0.3 is 5.88 Å². The molecular weight excluding hydrogens is 436 g/mol. The van der Waals surface area contributed by atoms with Crippen molar-refractivity contribution in [3.05, 3.63) is 105 Å². The lowest BCUT2D eigenvalue weighted by Crippen LogP contribution is -2.55. The highest BCUT2D eigenvalue weighted by molar-refractivity contribution is 5.37. The minimum absolute atomic E-state index is 0.0991. The van der Waals surface area contributed by atoms with Gasteiger partial charge in [-0.1, -0.05) is 42.0 Å². The van der Waals surface area contributed by atoms with Gasteiger partial charge in [-0.2, -0.15) is 10.1 Å². The van der Waals surface area contributed by atoms with Crippen LogP contribution in [0.5, 0.6) is 0 Å². The van der Waals surface area contributed by atoms with Crippen LogP contribution in [-0.4, -0.2) is 21.2 Å². The summed E-state index contributed by atoms with van der Waals surface area (Å²) in [6, 6.07) is 17.9. The number of aryl methyl sites for hydroxylation is 2. The van der Waals surface area contributed by atoms with Crippen LogP contribution in [0.25, 0.3) is 0 Å². The number of nitro groups is 1. The van der Waals surface area contributed by atoms with E-state index in [0.29, 0.717) is 23.6 Å². The molecular formula is C24H24N6O4. The molecule has 2 aliphatic rings. The third-order valence-electron chi connectivity index (χ3n) is 6.12. The summed E-state index contributed by atoms with van der Waals surface area (Å²) in [6.07, 6.45) is 0.00938. The van der Waals surface area contributed by atoms with Gasteiger partial charge in [-0.25, -0.2) is 0 Å². The van der Waals surface area contributed by atoms with Crippen LogP contribution in [0.1, 0.15) is 41.0 Å². The first kappa shape index (κ1) is 21.8. The van der Waals surface area contributed by atoms with Crippen molar-refractivity contribution in [3.8, 4) is 0 Å². The summed E-state index contributed by atoms with van der Waals surface area (Å²) >= 11 is 0. The maximum absolute atomic E-state index is 11.2. The molecule has 10 heteroatoms. The summed E-state index contributed by atoms with van der Waals surface area (Å²) in [5, 5.41) is 35.8. The van der Waals surface area contributed by atoms with E-state index >= 15 is 0 Å². The van der Waals surface area contributed by atoms with Crippen LogP contribution in [0.3, 0.4) is 0 Å². The predicted octanol–water partition coefficient (Wildman–Crippen LogP) is 5.24. The summed E-state index contributed by atoms with van der Waals surface area (Å²) < 4.78 is 5.52. The molecule has 0 saturated carbocycles. The Hall–Kier alpha value is -4.02. The Bertz CT molecular complexity index is 1290. The quantitative estimate of drug-likeness (QED) is 0.270. The molecule has 0 amide bonds. The van der Waals surface area contributed by atoms with Crippen LogP contribution < -0.4 is 10.7 Å². The van der Waals surface area contributed by atoms with E-state index in [0.717, 1.165) is 16.7 Å². The Morgan fingerprint density at radius 2 is 1.91 bits per heavy atom. The monoisotopic (exact) mass is 460 g/mol. The Morgan fingerprint density at radius 1 is 1.12 bits per heavy atom. The van der Waals surface area contributed by atoms with Crippen LogP contribution in [0.2, 0.25) is 0 Å². The zero-order valence-corrected chi connectivity index (χ0v) is 18.7. The van der Waals surface area contributed by atoms with Crippen LogP contribution >= 0.6 is 0 Å². The van der Waals surface area contributed by atoms with Gasteiger partial charge in [0.15, 0.2) is 5.70 Å². The number of hydrazine groups is 1. The van der Waals surface area contributed by atoms with E-state index in [2.05, 4.69) is 33.1 Å². The number of hydrogen-bond donors (Lipinski definition) is 3. The fourth-order valence-electron chi connectivity index (χ4n) is 4.53. The fraction of sp³-hybridized carbons (Fsp3) is 0.250.